The molecule has 0 saturated heterocycles. The first-order valence-corrected chi connectivity index (χ1v) is 6.36. The van der Waals surface area contributed by atoms with Crippen molar-refractivity contribution in [2.75, 3.05) is 0 Å². The van der Waals surface area contributed by atoms with Gasteiger partial charge < -0.3 is 0 Å². The predicted octanol–water partition coefficient (Wildman–Crippen LogP) is 4.59. The molecule has 0 saturated carbocycles. The van der Waals surface area contributed by atoms with Crippen molar-refractivity contribution in [1.29, 1.82) is 0 Å². The molecule has 0 radical (unpaired) electrons. The second kappa shape index (κ2) is 5.16. The van der Waals surface area contributed by atoms with Crippen LogP contribution in [0.3, 0.4) is 0 Å². The van der Waals surface area contributed by atoms with Gasteiger partial charge in [0.2, 0.25) is 0 Å². The number of rotatable bonds is 0. The lowest BCUT2D eigenvalue weighted by molar-refractivity contribution is 0.581. The Balaban J connectivity index is 0.000000457. The van der Waals surface area contributed by atoms with E-state index < -0.39 is 0 Å². The minimum absolute atomic E-state index is 0.647. The van der Waals surface area contributed by atoms with E-state index in [1.165, 1.54) is 6.42 Å². The molecule has 0 N–H and O–H groups in total. The molecule has 0 nitrogen and oxygen atoms in total. The maximum absolute atomic E-state index is 2.35. The molecule has 0 amide bonds. The van der Waals surface area contributed by atoms with E-state index in [1.807, 2.05) is 13.8 Å². The Morgan fingerprint density at radius 2 is 1.75 bits per heavy atom. The van der Waals surface area contributed by atoms with Crippen LogP contribution in [0.5, 0.6) is 0 Å². The molecule has 3 aliphatic carbocycles. The van der Waals surface area contributed by atoms with Crippen molar-refractivity contribution in [3.8, 4) is 0 Å². The summed E-state index contributed by atoms with van der Waals surface area (Å²) in [6.07, 6.45) is 20.5. The van der Waals surface area contributed by atoms with E-state index in [2.05, 4.69) is 48.6 Å². The quantitative estimate of drug-likeness (QED) is 0.551. The van der Waals surface area contributed by atoms with Crippen LogP contribution in [0.4, 0.5) is 0 Å². The zero-order valence-electron chi connectivity index (χ0n) is 10.2. The third-order valence-electron chi connectivity index (χ3n) is 3.32. The molecule has 2 unspecified atom stereocenters. The normalized spacial score (nSPS) is 29.4. The minimum Gasteiger partial charge on any atom is -0.0805 e. The van der Waals surface area contributed by atoms with Crippen molar-refractivity contribution in [3.05, 3.63) is 59.8 Å². The van der Waals surface area contributed by atoms with E-state index in [0.29, 0.717) is 5.92 Å². The van der Waals surface area contributed by atoms with Gasteiger partial charge in [0, 0.05) is 5.92 Å². The molecule has 16 heavy (non-hydrogen) atoms. The van der Waals surface area contributed by atoms with Crippen LogP contribution in [0.1, 0.15) is 26.7 Å². The predicted molar refractivity (Wildman–Crippen MR) is 71.1 cm³/mol. The summed E-state index contributed by atoms with van der Waals surface area (Å²) >= 11 is 0. The monoisotopic (exact) mass is 212 g/mol. The van der Waals surface area contributed by atoms with E-state index in [-0.39, 0.29) is 0 Å². The van der Waals surface area contributed by atoms with Gasteiger partial charge in [0.1, 0.15) is 0 Å². The molecular weight excluding hydrogens is 192 g/mol. The van der Waals surface area contributed by atoms with Gasteiger partial charge in [0.15, 0.2) is 0 Å². The molecule has 0 aromatic heterocycles. The standard InChI is InChI=1S/C14H14.C2H6/c1-2-6-11-10-12-7-4-5-9-14(12)13(11)8-3-1;1-2/h2-9,12,14H,1,10H2;1-2H3. The van der Waals surface area contributed by atoms with Crippen molar-refractivity contribution in [1.82, 2.24) is 0 Å². The van der Waals surface area contributed by atoms with E-state index >= 15 is 0 Å². The summed E-state index contributed by atoms with van der Waals surface area (Å²) in [5.74, 6) is 1.37. The van der Waals surface area contributed by atoms with Crippen LogP contribution in [0, 0.1) is 11.8 Å². The van der Waals surface area contributed by atoms with Gasteiger partial charge in [0.25, 0.3) is 0 Å². The average Bonchev–Trinajstić information content (AvgIpc) is 2.54. The average molecular weight is 212 g/mol. The van der Waals surface area contributed by atoms with E-state index in [4.69, 9.17) is 0 Å². The third-order valence-corrected chi connectivity index (χ3v) is 3.32. The van der Waals surface area contributed by atoms with Crippen LogP contribution in [-0.2, 0) is 0 Å². The Morgan fingerprint density at radius 1 is 1.00 bits per heavy atom. The fourth-order valence-corrected chi connectivity index (χ4v) is 2.63. The van der Waals surface area contributed by atoms with Gasteiger partial charge in [-0.1, -0.05) is 62.5 Å². The Kier molecular flexibility index (Phi) is 3.61. The van der Waals surface area contributed by atoms with Gasteiger partial charge >= 0.3 is 0 Å². The molecule has 0 bridgehead atoms. The van der Waals surface area contributed by atoms with Crippen molar-refractivity contribution < 1.29 is 0 Å². The highest BCUT2D eigenvalue weighted by Gasteiger charge is 2.30. The lowest BCUT2D eigenvalue weighted by atomic mass is 9.87. The highest BCUT2D eigenvalue weighted by Crippen LogP contribution is 2.42. The molecule has 0 aromatic carbocycles. The van der Waals surface area contributed by atoms with Gasteiger partial charge in [0.05, 0.1) is 0 Å². The highest BCUT2D eigenvalue weighted by atomic mass is 14.3. The lowest BCUT2D eigenvalue weighted by Gasteiger charge is -2.17. The molecule has 0 heteroatoms. The van der Waals surface area contributed by atoms with E-state index in [0.717, 1.165) is 12.3 Å². The number of hydrogen-bond donors (Lipinski definition) is 0. The molecule has 84 valence electrons. The van der Waals surface area contributed by atoms with E-state index in [1.54, 1.807) is 11.1 Å². The molecule has 0 fully saturated rings. The van der Waals surface area contributed by atoms with Crippen LogP contribution in [0.2, 0.25) is 0 Å². The summed E-state index contributed by atoms with van der Waals surface area (Å²) in [6, 6.07) is 0. The Labute approximate surface area is 98.8 Å². The van der Waals surface area contributed by atoms with Gasteiger partial charge in [-0.2, -0.15) is 0 Å². The van der Waals surface area contributed by atoms with Gasteiger partial charge in [-0.15, -0.1) is 0 Å². The van der Waals surface area contributed by atoms with Crippen molar-refractivity contribution in [2.45, 2.75) is 26.7 Å². The lowest BCUT2D eigenvalue weighted by Crippen LogP contribution is -2.07. The van der Waals surface area contributed by atoms with Gasteiger partial charge in [-0.25, -0.2) is 0 Å². The van der Waals surface area contributed by atoms with Crippen molar-refractivity contribution in [3.63, 3.8) is 0 Å². The molecule has 0 spiro atoms. The zero-order valence-corrected chi connectivity index (χ0v) is 10.2. The maximum atomic E-state index is 2.35. The molecule has 0 aliphatic heterocycles. The van der Waals surface area contributed by atoms with E-state index in [9.17, 15) is 0 Å². The first-order valence-electron chi connectivity index (χ1n) is 6.36. The number of allylic oxidation sites excluding steroid dienone is 10. The topological polar surface area (TPSA) is 0 Å². The van der Waals surface area contributed by atoms with Crippen LogP contribution < -0.4 is 0 Å². The van der Waals surface area contributed by atoms with Crippen LogP contribution in [0.15, 0.2) is 59.8 Å². The SMILES string of the molecule is C1=CC2CC3=C(C=CCC=C3)C2C=C1.CC. The van der Waals surface area contributed by atoms with Crippen LogP contribution in [-0.4, -0.2) is 0 Å². The molecule has 3 aliphatic rings. The summed E-state index contributed by atoms with van der Waals surface area (Å²) in [5.41, 5.74) is 3.09. The molecule has 0 aromatic rings. The fourth-order valence-electron chi connectivity index (χ4n) is 2.63. The smallest absolute Gasteiger partial charge is 0.00898 e. The Hall–Kier alpha value is -1.30. The summed E-state index contributed by atoms with van der Waals surface area (Å²) in [5, 5.41) is 0. The molecule has 2 atom stereocenters. The summed E-state index contributed by atoms with van der Waals surface area (Å²) in [7, 11) is 0. The Morgan fingerprint density at radius 3 is 2.62 bits per heavy atom. The summed E-state index contributed by atoms with van der Waals surface area (Å²) < 4.78 is 0. The second-order valence-electron chi connectivity index (χ2n) is 4.18. The first kappa shape index (κ1) is 11.2. The Bertz CT molecular complexity index is 388. The third kappa shape index (κ3) is 1.97. The maximum Gasteiger partial charge on any atom is 0.00898 e. The fraction of sp³-hybridized carbons (Fsp3) is 0.375. The second-order valence-corrected chi connectivity index (χ2v) is 4.18. The van der Waals surface area contributed by atoms with Crippen LogP contribution in [0.25, 0.3) is 0 Å². The molecular formula is C16H20. The number of hydrogen-bond acceptors (Lipinski definition) is 0. The number of fused-ring (bicyclic) bond motifs is 2. The minimum atomic E-state index is 0.647. The molecule has 0 heterocycles. The first-order chi connectivity index (χ1) is 7.95. The largest absolute Gasteiger partial charge is 0.0805 e. The van der Waals surface area contributed by atoms with Crippen LogP contribution >= 0.6 is 0 Å². The van der Waals surface area contributed by atoms with Gasteiger partial charge in [-0.3, -0.25) is 0 Å². The van der Waals surface area contributed by atoms with Crippen molar-refractivity contribution >= 4 is 0 Å². The van der Waals surface area contributed by atoms with Gasteiger partial charge in [-0.05, 0) is 29.9 Å². The van der Waals surface area contributed by atoms with Crippen molar-refractivity contribution in [2.24, 2.45) is 11.8 Å². The summed E-state index contributed by atoms with van der Waals surface area (Å²) in [4.78, 5) is 0. The zero-order chi connectivity index (χ0) is 11.4. The summed E-state index contributed by atoms with van der Waals surface area (Å²) in [6.45, 7) is 4.00. The molecule has 3 rings (SSSR count). The highest BCUT2D eigenvalue weighted by molar-refractivity contribution is 5.46.